The highest BCUT2D eigenvalue weighted by atomic mass is 32.2. The number of halogens is 3. The summed E-state index contributed by atoms with van der Waals surface area (Å²) >= 11 is 0. The van der Waals surface area contributed by atoms with Gasteiger partial charge in [-0.3, -0.25) is 4.98 Å². The van der Waals surface area contributed by atoms with Crippen molar-refractivity contribution in [2.45, 2.75) is 30.5 Å². The van der Waals surface area contributed by atoms with Crippen LogP contribution in [0.5, 0.6) is 0 Å². The number of nitrogens with zero attached hydrogens (tertiary/aromatic N) is 2. The first kappa shape index (κ1) is 16.2. The summed E-state index contributed by atoms with van der Waals surface area (Å²) in [6, 6.07) is 1.55. The zero-order valence-corrected chi connectivity index (χ0v) is 12.0. The molecule has 5 nitrogen and oxygen atoms in total. The highest BCUT2D eigenvalue weighted by Gasteiger charge is 2.36. The smallest absolute Gasteiger partial charge is 0.393 e. The van der Waals surface area contributed by atoms with E-state index in [1.807, 2.05) is 0 Å². The number of aliphatic hydroxyl groups is 1. The molecule has 0 radical (unpaired) electrons. The number of pyridine rings is 1. The fourth-order valence-electron chi connectivity index (χ4n) is 2.22. The van der Waals surface area contributed by atoms with E-state index in [1.54, 1.807) is 6.92 Å². The minimum atomic E-state index is -4.60. The third-order valence-electron chi connectivity index (χ3n) is 3.53. The molecule has 1 unspecified atom stereocenters. The van der Waals surface area contributed by atoms with Crippen molar-refractivity contribution in [2.75, 3.05) is 13.1 Å². The Labute approximate surface area is 120 Å². The molecular formula is C12H15F3N2O3S. The van der Waals surface area contributed by atoms with Crippen LogP contribution < -0.4 is 0 Å². The predicted molar refractivity (Wildman–Crippen MR) is 67.8 cm³/mol. The maximum absolute atomic E-state index is 12.4. The molecule has 1 saturated heterocycles. The molecule has 0 aromatic carbocycles. The van der Waals surface area contributed by atoms with Crippen molar-refractivity contribution in [1.29, 1.82) is 0 Å². The molecular weight excluding hydrogens is 309 g/mol. The average molecular weight is 324 g/mol. The van der Waals surface area contributed by atoms with E-state index in [0.717, 1.165) is 10.4 Å². The highest BCUT2D eigenvalue weighted by molar-refractivity contribution is 7.89. The van der Waals surface area contributed by atoms with Gasteiger partial charge in [0.25, 0.3) is 0 Å². The number of alkyl halides is 3. The lowest BCUT2D eigenvalue weighted by Crippen LogP contribution is -2.30. The summed E-state index contributed by atoms with van der Waals surface area (Å²) in [5.41, 5.74) is -1.13. The van der Waals surface area contributed by atoms with Gasteiger partial charge in [0.15, 0.2) is 0 Å². The Hall–Kier alpha value is -1.19. The first-order valence-corrected chi connectivity index (χ1v) is 7.78. The van der Waals surface area contributed by atoms with Crippen molar-refractivity contribution in [2.24, 2.45) is 5.92 Å². The molecule has 1 aromatic heterocycles. The third-order valence-corrected chi connectivity index (χ3v) is 5.38. The van der Waals surface area contributed by atoms with Gasteiger partial charge in [0.2, 0.25) is 10.0 Å². The van der Waals surface area contributed by atoms with Gasteiger partial charge in [-0.25, -0.2) is 8.42 Å². The Kier molecular flexibility index (Phi) is 4.27. The summed E-state index contributed by atoms with van der Waals surface area (Å²) in [6.07, 6.45) is -4.00. The van der Waals surface area contributed by atoms with Gasteiger partial charge in [0.05, 0.1) is 6.10 Å². The molecule has 1 aliphatic rings. The summed E-state index contributed by atoms with van der Waals surface area (Å²) in [5.74, 6) is -0.165. The van der Waals surface area contributed by atoms with Gasteiger partial charge in [-0.05, 0) is 31.4 Å². The Morgan fingerprint density at radius 2 is 2.10 bits per heavy atom. The zero-order valence-electron chi connectivity index (χ0n) is 11.2. The number of sulfonamides is 1. The largest absolute Gasteiger partial charge is 0.433 e. The third kappa shape index (κ3) is 3.35. The van der Waals surface area contributed by atoms with E-state index < -0.39 is 28.0 Å². The fourth-order valence-corrected chi connectivity index (χ4v) is 3.67. The van der Waals surface area contributed by atoms with Crippen molar-refractivity contribution in [3.63, 3.8) is 0 Å². The first-order valence-electron chi connectivity index (χ1n) is 6.34. The molecule has 1 aliphatic heterocycles. The maximum atomic E-state index is 12.4. The predicted octanol–water partition coefficient (Wildman–Crippen LogP) is 1.49. The Bertz CT molecular complexity index is 599. The quantitative estimate of drug-likeness (QED) is 0.914. The van der Waals surface area contributed by atoms with Crippen LogP contribution in [-0.4, -0.2) is 42.0 Å². The monoisotopic (exact) mass is 324 g/mol. The van der Waals surface area contributed by atoms with E-state index in [2.05, 4.69) is 4.98 Å². The summed E-state index contributed by atoms with van der Waals surface area (Å²) < 4.78 is 63.0. The lowest BCUT2D eigenvalue weighted by molar-refractivity contribution is -0.141. The number of aromatic nitrogens is 1. The van der Waals surface area contributed by atoms with Gasteiger partial charge >= 0.3 is 6.18 Å². The molecule has 21 heavy (non-hydrogen) atoms. The Morgan fingerprint density at radius 1 is 1.43 bits per heavy atom. The van der Waals surface area contributed by atoms with Crippen molar-refractivity contribution in [3.05, 3.63) is 24.0 Å². The molecule has 0 amide bonds. The van der Waals surface area contributed by atoms with Crippen molar-refractivity contribution in [3.8, 4) is 0 Å². The molecule has 1 N–H and O–H groups in total. The van der Waals surface area contributed by atoms with E-state index in [9.17, 15) is 26.7 Å². The Balaban J connectivity index is 2.21. The van der Waals surface area contributed by atoms with Gasteiger partial charge in [0, 0.05) is 19.3 Å². The maximum Gasteiger partial charge on any atom is 0.433 e. The molecule has 2 atom stereocenters. The molecule has 2 rings (SSSR count). The van der Waals surface area contributed by atoms with Crippen molar-refractivity contribution >= 4 is 10.0 Å². The van der Waals surface area contributed by atoms with Crippen LogP contribution in [0.1, 0.15) is 19.0 Å². The normalized spacial score (nSPS) is 22.4. The van der Waals surface area contributed by atoms with E-state index in [1.165, 1.54) is 0 Å². The van der Waals surface area contributed by atoms with E-state index >= 15 is 0 Å². The van der Waals surface area contributed by atoms with Crippen molar-refractivity contribution in [1.82, 2.24) is 9.29 Å². The van der Waals surface area contributed by atoms with E-state index in [0.29, 0.717) is 18.7 Å². The molecule has 2 heterocycles. The Morgan fingerprint density at radius 3 is 2.52 bits per heavy atom. The number of hydrogen-bond acceptors (Lipinski definition) is 4. The molecule has 118 valence electrons. The first-order chi connectivity index (χ1) is 9.62. The zero-order chi connectivity index (χ0) is 15.8. The van der Waals surface area contributed by atoms with Gasteiger partial charge < -0.3 is 5.11 Å². The summed E-state index contributed by atoms with van der Waals surface area (Å²) in [6.45, 7) is 1.97. The lowest BCUT2D eigenvalue weighted by Gasteiger charge is -2.17. The van der Waals surface area contributed by atoms with Crippen LogP contribution in [0.4, 0.5) is 13.2 Å². The van der Waals surface area contributed by atoms with Gasteiger partial charge in [-0.15, -0.1) is 0 Å². The van der Waals surface area contributed by atoms with Crippen LogP contribution >= 0.6 is 0 Å². The van der Waals surface area contributed by atoms with Crippen LogP contribution in [-0.2, 0) is 16.2 Å². The molecule has 1 fully saturated rings. The molecule has 9 heteroatoms. The van der Waals surface area contributed by atoms with Gasteiger partial charge in [0.1, 0.15) is 10.6 Å². The number of aliphatic hydroxyl groups excluding tert-OH is 1. The SMILES string of the molecule is C[C@@H](O)C1CCN(S(=O)(=O)c2ccc(C(F)(F)F)nc2)C1. The summed E-state index contributed by atoms with van der Waals surface area (Å²) in [7, 11) is -3.88. The minimum Gasteiger partial charge on any atom is -0.393 e. The van der Waals surface area contributed by atoms with Gasteiger partial charge in [-0.1, -0.05) is 0 Å². The van der Waals surface area contributed by atoms with Crippen LogP contribution in [0.2, 0.25) is 0 Å². The van der Waals surface area contributed by atoms with E-state index in [4.69, 9.17) is 0 Å². The number of rotatable bonds is 3. The van der Waals surface area contributed by atoms with Crippen LogP contribution in [0.25, 0.3) is 0 Å². The highest BCUT2D eigenvalue weighted by Crippen LogP contribution is 2.29. The van der Waals surface area contributed by atoms with Crippen LogP contribution in [0.3, 0.4) is 0 Å². The summed E-state index contributed by atoms with van der Waals surface area (Å²) in [5, 5.41) is 9.47. The molecule has 0 bridgehead atoms. The summed E-state index contributed by atoms with van der Waals surface area (Å²) in [4.78, 5) is 2.89. The lowest BCUT2D eigenvalue weighted by atomic mass is 10.0. The number of hydrogen-bond donors (Lipinski definition) is 1. The second-order valence-electron chi connectivity index (χ2n) is 5.03. The van der Waals surface area contributed by atoms with E-state index in [-0.39, 0.29) is 23.9 Å². The standard InChI is InChI=1S/C12H15F3N2O3S/c1-8(18)9-4-5-17(7-9)21(19,20)10-2-3-11(16-6-10)12(13,14)15/h2-3,6,8-9,18H,4-5,7H2,1H3/t8-,9?/m1/s1. The second kappa shape index (κ2) is 5.54. The average Bonchev–Trinajstić information content (AvgIpc) is 2.88. The topological polar surface area (TPSA) is 70.5 Å². The molecule has 0 aliphatic carbocycles. The van der Waals surface area contributed by atoms with Crippen molar-refractivity contribution < 1.29 is 26.7 Å². The fraction of sp³-hybridized carbons (Fsp3) is 0.583. The van der Waals surface area contributed by atoms with Gasteiger partial charge in [-0.2, -0.15) is 17.5 Å². The van der Waals surface area contributed by atoms with Crippen LogP contribution in [0.15, 0.2) is 23.2 Å². The molecule has 0 saturated carbocycles. The molecule has 0 spiro atoms. The minimum absolute atomic E-state index is 0.154. The second-order valence-corrected chi connectivity index (χ2v) is 6.97. The van der Waals surface area contributed by atoms with Crippen LogP contribution in [0, 0.1) is 5.92 Å². The molecule has 1 aromatic rings.